The van der Waals surface area contributed by atoms with Crippen LogP contribution in [0.5, 0.6) is 5.75 Å². The van der Waals surface area contributed by atoms with Crippen molar-refractivity contribution in [1.29, 1.82) is 0 Å². The summed E-state index contributed by atoms with van der Waals surface area (Å²) in [6.45, 7) is 2.61. The summed E-state index contributed by atoms with van der Waals surface area (Å²) in [5, 5.41) is 15.0. The number of rotatable bonds is 4. The molecule has 0 bridgehead atoms. The average molecular weight is 336 g/mol. The number of ether oxygens (including phenoxy) is 1. The summed E-state index contributed by atoms with van der Waals surface area (Å²) in [7, 11) is 0. The van der Waals surface area contributed by atoms with E-state index in [2.05, 4.69) is 23.5 Å². The van der Waals surface area contributed by atoms with E-state index < -0.39 is 0 Å². The zero-order valence-electron chi connectivity index (χ0n) is 14.0. The summed E-state index contributed by atoms with van der Waals surface area (Å²) in [4.78, 5) is 11.2. The summed E-state index contributed by atoms with van der Waals surface area (Å²) in [5.41, 5.74) is 3.17. The van der Waals surface area contributed by atoms with Crippen LogP contribution in [-0.4, -0.2) is 11.5 Å². The third-order valence-corrected chi connectivity index (χ3v) is 5.11. The van der Waals surface area contributed by atoms with Crippen LogP contribution in [0.25, 0.3) is 0 Å². The number of hydrogen-bond donors (Lipinski definition) is 1. The number of nitro groups is 1. The van der Waals surface area contributed by atoms with Gasteiger partial charge in [-0.25, -0.2) is 0 Å². The highest BCUT2D eigenvalue weighted by atomic mass is 16.6. The Morgan fingerprint density at radius 3 is 2.88 bits per heavy atom. The number of anilines is 1. The van der Waals surface area contributed by atoms with Crippen LogP contribution in [0.1, 0.15) is 36.4 Å². The summed E-state index contributed by atoms with van der Waals surface area (Å²) >= 11 is 0. The molecule has 3 atom stereocenters. The maximum Gasteiger partial charge on any atom is 0.274 e. The van der Waals surface area contributed by atoms with E-state index in [4.69, 9.17) is 4.74 Å². The van der Waals surface area contributed by atoms with Crippen molar-refractivity contribution in [2.45, 2.75) is 25.3 Å². The highest BCUT2D eigenvalue weighted by molar-refractivity contribution is 5.63. The van der Waals surface area contributed by atoms with Crippen molar-refractivity contribution < 1.29 is 9.66 Å². The molecule has 0 spiro atoms. The summed E-state index contributed by atoms with van der Waals surface area (Å²) < 4.78 is 5.64. The minimum absolute atomic E-state index is 0.0768. The van der Waals surface area contributed by atoms with Gasteiger partial charge in [0.2, 0.25) is 0 Å². The predicted molar refractivity (Wildman–Crippen MR) is 97.1 cm³/mol. The summed E-state index contributed by atoms with van der Waals surface area (Å²) in [6.07, 6.45) is 5.32. The van der Waals surface area contributed by atoms with Gasteiger partial charge < -0.3 is 10.1 Å². The molecular weight excluding hydrogens is 316 g/mol. The molecule has 1 aliphatic heterocycles. The minimum atomic E-state index is -0.290. The second-order valence-electron chi connectivity index (χ2n) is 6.47. The Hall–Kier alpha value is -2.82. The van der Waals surface area contributed by atoms with Crippen LogP contribution in [-0.2, 0) is 0 Å². The molecule has 1 heterocycles. The molecule has 0 aromatic heterocycles. The van der Waals surface area contributed by atoms with Crippen LogP contribution in [0, 0.1) is 16.0 Å². The Balaban J connectivity index is 1.77. The molecule has 0 unspecified atom stereocenters. The number of para-hydroxylation sites is 1. The monoisotopic (exact) mass is 336 g/mol. The van der Waals surface area contributed by atoms with Gasteiger partial charge in [0.15, 0.2) is 0 Å². The number of fused-ring (bicyclic) bond motifs is 3. The molecule has 128 valence electrons. The number of nitro benzene ring substituents is 1. The van der Waals surface area contributed by atoms with E-state index in [-0.39, 0.29) is 28.5 Å². The van der Waals surface area contributed by atoms with Gasteiger partial charge in [0.25, 0.3) is 5.69 Å². The molecule has 0 saturated heterocycles. The van der Waals surface area contributed by atoms with Crippen molar-refractivity contribution in [3.63, 3.8) is 0 Å². The fraction of sp³-hybridized carbons (Fsp3) is 0.300. The second kappa shape index (κ2) is 6.24. The van der Waals surface area contributed by atoms with Crippen molar-refractivity contribution >= 4 is 11.4 Å². The second-order valence-corrected chi connectivity index (χ2v) is 6.47. The van der Waals surface area contributed by atoms with Gasteiger partial charge in [-0.05, 0) is 43.0 Å². The van der Waals surface area contributed by atoms with Gasteiger partial charge in [-0.1, -0.05) is 30.4 Å². The molecule has 2 aromatic carbocycles. The lowest BCUT2D eigenvalue weighted by molar-refractivity contribution is -0.385. The van der Waals surface area contributed by atoms with Gasteiger partial charge in [0.05, 0.1) is 23.1 Å². The molecule has 0 saturated carbocycles. The van der Waals surface area contributed by atoms with E-state index in [0.29, 0.717) is 6.61 Å². The number of benzene rings is 2. The van der Waals surface area contributed by atoms with Gasteiger partial charge >= 0.3 is 0 Å². The smallest absolute Gasteiger partial charge is 0.274 e. The van der Waals surface area contributed by atoms with Gasteiger partial charge in [-0.3, -0.25) is 10.1 Å². The Morgan fingerprint density at radius 1 is 1.24 bits per heavy atom. The van der Waals surface area contributed by atoms with Crippen molar-refractivity contribution in [3.05, 3.63) is 75.9 Å². The number of nitrogens with one attached hydrogen (secondary N) is 1. The van der Waals surface area contributed by atoms with Crippen LogP contribution < -0.4 is 10.1 Å². The molecule has 0 radical (unpaired) electrons. The van der Waals surface area contributed by atoms with E-state index >= 15 is 0 Å². The predicted octanol–water partition coefficient (Wildman–Crippen LogP) is 4.82. The topological polar surface area (TPSA) is 64.4 Å². The third-order valence-electron chi connectivity index (χ3n) is 5.11. The number of nitrogens with zero attached hydrogens (tertiary/aromatic N) is 1. The zero-order valence-corrected chi connectivity index (χ0v) is 14.0. The average Bonchev–Trinajstić information content (AvgIpc) is 3.11. The maximum atomic E-state index is 11.5. The lowest BCUT2D eigenvalue weighted by Crippen LogP contribution is -2.29. The van der Waals surface area contributed by atoms with Crippen molar-refractivity contribution in [3.8, 4) is 5.75 Å². The van der Waals surface area contributed by atoms with E-state index in [1.165, 1.54) is 5.56 Å². The van der Waals surface area contributed by atoms with Crippen LogP contribution in [0.15, 0.2) is 54.6 Å². The number of allylic oxidation sites excluding steroid dienone is 2. The van der Waals surface area contributed by atoms with Gasteiger partial charge in [0, 0.05) is 17.7 Å². The highest BCUT2D eigenvalue weighted by Gasteiger charge is 2.40. The Bertz CT molecular complexity index is 847. The molecule has 1 N–H and O–H groups in total. The van der Waals surface area contributed by atoms with Crippen LogP contribution in [0.3, 0.4) is 0 Å². The van der Waals surface area contributed by atoms with Gasteiger partial charge in [-0.15, -0.1) is 0 Å². The van der Waals surface area contributed by atoms with Crippen LogP contribution >= 0.6 is 0 Å². The quantitative estimate of drug-likeness (QED) is 0.494. The molecular formula is C20H20N2O3. The lowest BCUT2D eigenvalue weighted by Gasteiger charge is -2.37. The van der Waals surface area contributed by atoms with Crippen molar-refractivity contribution in [2.75, 3.05) is 11.9 Å². The van der Waals surface area contributed by atoms with E-state index in [0.717, 1.165) is 23.4 Å². The lowest BCUT2D eigenvalue weighted by atomic mass is 9.76. The van der Waals surface area contributed by atoms with E-state index in [1.54, 1.807) is 12.1 Å². The molecule has 5 heteroatoms. The summed E-state index contributed by atoms with van der Waals surface area (Å²) in [5.74, 6) is 1.39. The van der Waals surface area contributed by atoms with Gasteiger partial charge in [0.1, 0.15) is 5.75 Å². The minimum Gasteiger partial charge on any atom is -0.494 e. The third kappa shape index (κ3) is 2.65. The molecule has 2 aromatic rings. The Kier molecular flexibility index (Phi) is 3.92. The van der Waals surface area contributed by atoms with Crippen molar-refractivity contribution in [2.24, 2.45) is 5.92 Å². The van der Waals surface area contributed by atoms with Crippen LogP contribution in [0.2, 0.25) is 0 Å². The van der Waals surface area contributed by atoms with Crippen molar-refractivity contribution in [1.82, 2.24) is 0 Å². The molecule has 25 heavy (non-hydrogen) atoms. The number of hydrogen-bond acceptors (Lipinski definition) is 4. The molecule has 4 rings (SSSR count). The molecule has 0 amide bonds. The zero-order chi connectivity index (χ0) is 17.4. The maximum absolute atomic E-state index is 11.5. The molecule has 5 nitrogen and oxygen atoms in total. The molecule has 0 fully saturated rings. The first kappa shape index (κ1) is 15.7. The van der Waals surface area contributed by atoms with Crippen LogP contribution in [0.4, 0.5) is 11.4 Å². The largest absolute Gasteiger partial charge is 0.494 e. The standard InChI is InChI=1S/C20H20N2O3/c1-2-25-13-10-11-18-17(12-13)14-7-5-8-15(14)20(21-18)16-6-3-4-9-19(16)22(23)24/h3-7,9-12,14-15,20-21H,2,8H2,1H3/t14-,15+,20+/m1/s1. The molecule has 2 aliphatic rings. The fourth-order valence-corrected chi connectivity index (χ4v) is 4.05. The molecule has 1 aliphatic carbocycles. The first-order valence-electron chi connectivity index (χ1n) is 8.62. The fourth-order valence-electron chi connectivity index (χ4n) is 4.05. The summed E-state index contributed by atoms with van der Waals surface area (Å²) in [6, 6.07) is 13.0. The Morgan fingerprint density at radius 2 is 2.08 bits per heavy atom. The first-order valence-corrected chi connectivity index (χ1v) is 8.62. The van der Waals surface area contributed by atoms with E-state index in [9.17, 15) is 10.1 Å². The van der Waals surface area contributed by atoms with Gasteiger partial charge in [-0.2, -0.15) is 0 Å². The highest BCUT2D eigenvalue weighted by Crippen LogP contribution is 2.51. The normalized spacial score (nSPS) is 23.5. The van der Waals surface area contributed by atoms with E-state index in [1.807, 2.05) is 31.2 Å². The first-order chi connectivity index (χ1) is 12.2. The SMILES string of the molecule is CCOc1ccc2c(c1)[C@@H]1C=CC[C@@H]1[C@@H](c1ccccc1[N+](=O)[O-])N2. The Labute approximate surface area is 146 Å².